The van der Waals surface area contributed by atoms with E-state index >= 15 is 0 Å². The van der Waals surface area contributed by atoms with E-state index in [1.165, 1.54) is 0 Å². The van der Waals surface area contributed by atoms with Crippen LogP contribution in [0.2, 0.25) is 0 Å². The van der Waals surface area contributed by atoms with Crippen molar-refractivity contribution in [3.8, 4) is 17.2 Å². The van der Waals surface area contributed by atoms with E-state index in [1.54, 1.807) is 25.7 Å². The van der Waals surface area contributed by atoms with E-state index in [9.17, 15) is 14.7 Å². The van der Waals surface area contributed by atoms with Crippen LogP contribution >= 0.6 is 0 Å². The van der Waals surface area contributed by atoms with Crippen LogP contribution in [-0.2, 0) is 16.0 Å². The molecule has 3 aromatic heterocycles. The van der Waals surface area contributed by atoms with E-state index < -0.39 is 11.5 Å². The van der Waals surface area contributed by atoms with Gasteiger partial charge in [0.25, 0.3) is 5.91 Å². The first-order chi connectivity index (χ1) is 20.2. The number of aromatic nitrogens is 3. The SMILES string of the molecule is CC.CCC(=O)CCCCCCc1ncc(-c2cc3ccncc3nc2OC)o1.N=C(CC1(O)CCNCC1)C(N)=O. The van der Waals surface area contributed by atoms with E-state index in [2.05, 4.69) is 20.3 Å². The topological polar surface area (TPSA) is 177 Å². The monoisotopic (exact) mass is 582 g/mol. The molecule has 4 rings (SSSR count). The van der Waals surface area contributed by atoms with Gasteiger partial charge >= 0.3 is 0 Å². The van der Waals surface area contributed by atoms with Gasteiger partial charge in [-0.1, -0.05) is 33.6 Å². The zero-order valence-corrected chi connectivity index (χ0v) is 25.4. The summed E-state index contributed by atoms with van der Waals surface area (Å²) in [5, 5.41) is 21.2. The predicted octanol–water partition coefficient (Wildman–Crippen LogP) is 4.79. The fourth-order valence-corrected chi connectivity index (χ4v) is 4.50. The Hall–Kier alpha value is -3.70. The molecule has 0 unspecified atom stereocenters. The van der Waals surface area contributed by atoms with Gasteiger partial charge in [-0.2, -0.15) is 0 Å². The molecule has 0 aliphatic carbocycles. The van der Waals surface area contributed by atoms with Gasteiger partial charge in [0, 0.05) is 37.3 Å². The number of carbonyl (C=O) groups excluding carboxylic acids is 2. The maximum absolute atomic E-state index is 11.3. The number of nitrogens with one attached hydrogen (secondary N) is 2. The van der Waals surface area contributed by atoms with Gasteiger partial charge in [-0.15, -0.1) is 0 Å². The molecule has 3 aromatic rings. The van der Waals surface area contributed by atoms with Crippen LogP contribution in [0.1, 0.15) is 84.4 Å². The number of Topliss-reactive ketones (excluding diaryl/α,β-unsaturated/α-hetero) is 1. The minimum absolute atomic E-state index is 0.0734. The lowest BCUT2D eigenvalue weighted by molar-refractivity contribution is -0.118. The first kappa shape index (κ1) is 34.5. The number of unbranched alkanes of at least 4 members (excludes halogenated alkanes) is 3. The molecule has 230 valence electrons. The van der Waals surface area contributed by atoms with Crippen molar-refractivity contribution in [1.29, 1.82) is 5.41 Å². The lowest BCUT2D eigenvalue weighted by Crippen LogP contribution is -2.44. The van der Waals surface area contributed by atoms with Crippen LogP contribution in [0.25, 0.3) is 22.2 Å². The molecule has 42 heavy (non-hydrogen) atoms. The maximum Gasteiger partial charge on any atom is 0.262 e. The summed E-state index contributed by atoms with van der Waals surface area (Å²) in [4.78, 5) is 34.9. The highest BCUT2D eigenvalue weighted by Crippen LogP contribution is 2.32. The summed E-state index contributed by atoms with van der Waals surface area (Å²) < 4.78 is 11.3. The number of nitrogens with zero attached hydrogens (tertiary/aromatic N) is 3. The van der Waals surface area contributed by atoms with Gasteiger partial charge in [-0.3, -0.25) is 20.0 Å². The quantitative estimate of drug-likeness (QED) is 0.163. The fraction of sp³-hybridized carbons (Fsp3) is 0.548. The minimum Gasteiger partial charge on any atom is -0.480 e. The Morgan fingerprint density at radius 2 is 1.88 bits per heavy atom. The number of aliphatic hydroxyl groups is 1. The Balaban J connectivity index is 0.000000345. The van der Waals surface area contributed by atoms with Gasteiger partial charge in [-0.05, 0) is 50.9 Å². The predicted molar refractivity (Wildman–Crippen MR) is 164 cm³/mol. The summed E-state index contributed by atoms with van der Waals surface area (Å²) >= 11 is 0. The van der Waals surface area contributed by atoms with E-state index in [0.29, 0.717) is 49.0 Å². The molecular formula is C31H46N6O5. The fourth-order valence-electron chi connectivity index (χ4n) is 4.50. The molecule has 0 aromatic carbocycles. The summed E-state index contributed by atoms with van der Waals surface area (Å²) in [7, 11) is 1.59. The molecule has 1 aliphatic rings. The lowest BCUT2D eigenvalue weighted by atomic mass is 9.87. The molecule has 1 fully saturated rings. The smallest absolute Gasteiger partial charge is 0.262 e. The zero-order chi connectivity index (χ0) is 31.0. The third-order valence-electron chi connectivity index (χ3n) is 6.93. The Morgan fingerprint density at radius 1 is 1.17 bits per heavy atom. The maximum atomic E-state index is 11.3. The number of oxazole rings is 1. The number of methoxy groups -OCH3 is 1. The van der Waals surface area contributed by atoms with Crippen molar-refractivity contribution in [3.05, 3.63) is 36.6 Å². The van der Waals surface area contributed by atoms with Crippen LogP contribution in [0.15, 0.2) is 35.1 Å². The molecule has 11 heteroatoms. The van der Waals surface area contributed by atoms with Gasteiger partial charge in [-0.25, -0.2) is 9.97 Å². The Morgan fingerprint density at radius 3 is 2.55 bits per heavy atom. The number of nitrogens with two attached hydrogens (primary N) is 1. The van der Waals surface area contributed by atoms with E-state index in [-0.39, 0.29) is 12.1 Å². The van der Waals surface area contributed by atoms with Gasteiger partial charge in [0.2, 0.25) is 5.88 Å². The van der Waals surface area contributed by atoms with Gasteiger partial charge in [0.1, 0.15) is 5.78 Å². The van der Waals surface area contributed by atoms with Crippen molar-refractivity contribution < 1.29 is 23.8 Å². The summed E-state index contributed by atoms with van der Waals surface area (Å²) in [5.41, 5.74) is 5.39. The van der Waals surface area contributed by atoms with Crippen molar-refractivity contribution >= 4 is 28.3 Å². The number of piperidine rings is 1. The molecule has 11 nitrogen and oxygen atoms in total. The lowest BCUT2D eigenvalue weighted by Gasteiger charge is -2.32. The van der Waals surface area contributed by atoms with E-state index in [1.807, 2.05) is 32.9 Å². The highest BCUT2D eigenvalue weighted by atomic mass is 16.5. The Labute approximate surface area is 248 Å². The minimum atomic E-state index is -0.905. The van der Waals surface area contributed by atoms with E-state index in [4.69, 9.17) is 20.3 Å². The second-order valence-electron chi connectivity index (χ2n) is 10.0. The summed E-state index contributed by atoms with van der Waals surface area (Å²) in [6.07, 6.45) is 12.6. The van der Waals surface area contributed by atoms with E-state index in [0.717, 1.165) is 61.7 Å². The molecule has 0 bridgehead atoms. The van der Waals surface area contributed by atoms with Crippen LogP contribution in [0.3, 0.4) is 0 Å². The van der Waals surface area contributed by atoms with Crippen LogP contribution in [0, 0.1) is 5.41 Å². The number of ether oxygens (including phenoxy) is 1. The van der Waals surface area contributed by atoms with Crippen LogP contribution in [0.4, 0.5) is 0 Å². The molecule has 0 atom stereocenters. The number of pyridine rings is 2. The molecule has 4 heterocycles. The first-order valence-electron chi connectivity index (χ1n) is 14.8. The van der Waals surface area contributed by atoms with Gasteiger partial charge in [0.15, 0.2) is 11.7 Å². The number of rotatable bonds is 13. The number of carbonyl (C=O) groups is 2. The highest BCUT2D eigenvalue weighted by molar-refractivity contribution is 6.37. The Kier molecular flexibility index (Phi) is 14.8. The molecule has 5 N–H and O–H groups in total. The summed E-state index contributed by atoms with van der Waals surface area (Å²) in [6, 6.07) is 3.89. The third kappa shape index (κ3) is 10.9. The first-order valence-corrected chi connectivity index (χ1v) is 14.8. The Bertz CT molecular complexity index is 1290. The number of hydrogen-bond acceptors (Lipinski definition) is 10. The summed E-state index contributed by atoms with van der Waals surface area (Å²) in [6.45, 7) is 7.37. The van der Waals surface area contributed by atoms with Crippen molar-refractivity contribution in [1.82, 2.24) is 20.3 Å². The molecule has 0 radical (unpaired) electrons. The summed E-state index contributed by atoms with van der Waals surface area (Å²) in [5.74, 6) is 1.47. The van der Waals surface area contributed by atoms with Crippen molar-refractivity contribution in [3.63, 3.8) is 0 Å². The average Bonchev–Trinajstić information content (AvgIpc) is 3.48. The highest BCUT2D eigenvalue weighted by Gasteiger charge is 2.31. The molecule has 1 amide bonds. The standard InChI is InChI=1S/C21H25N3O3.C8H15N3O2.C2H6/c1-3-16(25)8-6-4-5-7-9-20-23-14-19(27-20)17-12-15-10-11-22-13-18(15)24-21(17)26-2;9-6(7(10)12)5-8(13)1-3-11-4-2-8;1-2/h10-14H,3-9H2,1-2H3;9,11,13H,1-5H2,(H2,10,12);1-2H3. The molecule has 1 saturated heterocycles. The molecule has 0 spiro atoms. The number of ketones is 1. The van der Waals surface area contributed by atoms with Crippen molar-refractivity contribution in [2.45, 2.75) is 90.6 Å². The third-order valence-corrected chi connectivity index (χ3v) is 6.93. The van der Waals surface area contributed by atoms with Crippen LogP contribution in [0.5, 0.6) is 5.88 Å². The number of primary amides is 1. The van der Waals surface area contributed by atoms with Crippen molar-refractivity contribution in [2.24, 2.45) is 5.73 Å². The van der Waals surface area contributed by atoms with Gasteiger partial charge in [0.05, 0.1) is 41.9 Å². The molecule has 1 aliphatic heterocycles. The number of aryl methyl sites for hydroxylation is 1. The number of amides is 1. The second kappa shape index (κ2) is 18.0. The van der Waals surface area contributed by atoms with Gasteiger partial charge < -0.3 is 25.3 Å². The average molecular weight is 583 g/mol. The number of hydrogen-bond donors (Lipinski definition) is 4. The number of fused-ring (bicyclic) bond motifs is 1. The molecule has 0 saturated carbocycles. The van der Waals surface area contributed by atoms with Crippen LogP contribution < -0.4 is 15.8 Å². The largest absolute Gasteiger partial charge is 0.480 e. The normalized spacial score (nSPS) is 13.7. The second-order valence-corrected chi connectivity index (χ2v) is 10.0. The van der Waals surface area contributed by atoms with Crippen molar-refractivity contribution in [2.75, 3.05) is 20.2 Å². The molecular weight excluding hydrogens is 536 g/mol. The zero-order valence-electron chi connectivity index (χ0n) is 25.4. The van der Waals surface area contributed by atoms with Crippen LogP contribution in [-0.4, -0.2) is 63.3 Å².